The minimum atomic E-state index is -0.153. The van der Waals surface area contributed by atoms with Crippen molar-refractivity contribution in [2.24, 2.45) is 5.92 Å². The van der Waals surface area contributed by atoms with Crippen LogP contribution in [0.1, 0.15) is 43.6 Å². The molecule has 30 heavy (non-hydrogen) atoms. The molecule has 2 amide bonds. The van der Waals surface area contributed by atoms with Gasteiger partial charge in [0.15, 0.2) is 6.61 Å². The maximum Gasteiger partial charge on any atom is 0.260 e. The minimum Gasteiger partial charge on any atom is -0.483 e. The molecular weight excluding hydrogens is 384 g/mol. The number of hydrogen-bond acceptors (Lipinski definition) is 5. The minimum absolute atomic E-state index is 0.0147. The molecule has 0 radical (unpaired) electrons. The van der Waals surface area contributed by atoms with Crippen LogP contribution in [0, 0.1) is 5.92 Å². The van der Waals surface area contributed by atoms with E-state index in [0.717, 1.165) is 37.9 Å². The summed E-state index contributed by atoms with van der Waals surface area (Å²) in [6.45, 7) is 2.05. The Hall–Kier alpha value is -2.12. The van der Waals surface area contributed by atoms with Crippen LogP contribution in [-0.2, 0) is 19.1 Å². The maximum absolute atomic E-state index is 13.0. The Morgan fingerprint density at radius 1 is 1.03 bits per heavy atom. The number of ether oxygens (including phenoxy) is 3. The van der Waals surface area contributed by atoms with E-state index in [9.17, 15) is 9.59 Å². The molecule has 1 unspecified atom stereocenters. The van der Waals surface area contributed by atoms with Crippen LogP contribution in [0.5, 0.6) is 5.75 Å². The van der Waals surface area contributed by atoms with E-state index < -0.39 is 0 Å². The van der Waals surface area contributed by atoms with E-state index in [1.165, 1.54) is 5.56 Å². The number of nitrogens with zero attached hydrogens (tertiary/aromatic N) is 1. The lowest BCUT2D eigenvalue weighted by molar-refractivity contribution is -0.141. The molecule has 2 saturated heterocycles. The molecule has 4 aliphatic heterocycles. The Bertz CT molecular complexity index is 788. The first-order chi connectivity index (χ1) is 14.7. The fourth-order valence-electron chi connectivity index (χ4n) is 5.17. The van der Waals surface area contributed by atoms with E-state index in [0.29, 0.717) is 32.3 Å². The molecule has 162 valence electrons. The van der Waals surface area contributed by atoms with E-state index in [-0.39, 0.29) is 42.5 Å². The Balaban J connectivity index is 1.35. The van der Waals surface area contributed by atoms with Crippen molar-refractivity contribution < 1.29 is 23.8 Å². The summed E-state index contributed by atoms with van der Waals surface area (Å²) in [6.07, 6.45) is 5.10. The molecule has 0 spiro atoms. The van der Waals surface area contributed by atoms with Gasteiger partial charge >= 0.3 is 0 Å². The Morgan fingerprint density at radius 2 is 1.83 bits per heavy atom. The van der Waals surface area contributed by atoms with Crippen molar-refractivity contribution >= 4 is 11.8 Å². The molecule has 0 aromatic heterocycles. The first kappa shape index (κ1) is 19.8. The third-order valence-electron chi connectivity index (χ3n) is 7.09. The van der Waals surface area contributed by atoms with Gasteiger partial charge in [0.25, 0.3) is 5.91 Å². The normalized spacial score (nSPS) is 32.0. The average Bonchev–Trinajstić information content (AvgIpc) is 3.12. The average molecular weight is 415 g/mol. The number of benzene rings is 1. The van der Waals surface area contributed by atoms with E-state index >= 15 is 0 Å². The second-order valence-electron chi connectivity index (χ2n) is 8.93. The summed E-state index contributed by atoms with van der Waals surface area (Å²) in [5.41, 5.74) is 1.20. The number of nitrogens with one attached hydrogen (secondary N) is 1. The molecule has 1 aromatic rings. The molecule has 6 rings (SSSR count). The van der Waals surface area contributed by atoms with Crippen LogP contribution in [0.4, 0.5) is 0 Å². The highest BCUT2D eigenvalue weighted by molar-refractivity contribution is 5.81. The smallest absolute Gasteiger partial charge is 0.260 e. The number of fused-ring (bicyclic) bond motifs is 5. The summed E-state index contributed by atoms with van der Waals surface area (Å²) >= 11 is 0. The first-order valence-electron chi connectivity index (χ1n) is 11.2. The molecule has 3 fully saturated rings. The van der Waals surface area contributed by atoms with Gasteiger partial charge in [-0.15, -0.1) is 0 Å². The van der Waals surface area contributed by atoms with Crippen LogP contribution in [0.2, 0.25) is 0 Å². The zero-order chi connectivity index (χ0) is 20.5. The highest BCUT2D eigenvalue weighted by Crippen LogP contribution is 2.39. The summed E-state index contributed by atoms with van der Waals surface area (Å²) in [4.78, 5) is 27.3. The number of carbonyl (C=O) groups is 2. The maximum atomic E-state index is 13.0. The molecule has 7 heteroatoms. The topological polar surface area (TPSA) is 77.1 Å². The number of rotatable bonds is 2. The van der Waals surface area contributed by atoms with E-state index in [2.05, 4.69) is 11.4 Å². The molecule has 2 atom stereocenters. The predicted molar refractivity (Wildman–Crippen MR) is 109 cm³/mol. The van der Waals surface area contributed by atoms with Gasteiger partial charge in [0.1, 0.15) is 5.75 Å². The molecule has 1 aliphatic carbocycles. The molecular formula is C23H30N2O5. The number of carbonyl (C=O) groups excluding carboxylic acids is 2. The summed E-state index contributed by atoms with van der Waals surface area (Å²) in [7, 11) is 0. The quantitative estimate of drug-likeness (QED) is 0.799. The van der Waals surface area contributed by atoms with Gasteiger partial charge in [-0.3, -0.25) is 9.59 Å². The van der Waals surface area contributed by atoms with Crippen LogP contribution >= 0.6 is 0 Å². The second-order valence-corrected chi connectivity index (χ2v) is 8.93. The highest BCUT2D eigenvalue weighted by Gasteiger charge is 2.40. The van der Waals surface area contributed by atoms with Gasteiger partial charge in [-0.1, -0.05) is 18.2 Å². The van der Waals surface area contributed by atoms with Crippen LogP contribution in [0.3, 0.4) is 0 Å². The molecule has 2 bridgehead atoms. The lowest BCUT2D eigenvalue weighted by Crippen LogP contribution is -2.53. The zero-order valence-electron chi connectivity index (χ0n) is 17.3. The second kappa shape index (κ2) is 8.55. The third kappa shape index (κ3) is 3.93. The fourth-order valence-corrected chi connectivity index (χ4v) is 5.17. The van der Waals surface area contributed by atoms with Crippen molar-refractivity contribution in [1.82, 2.24) is 10.2 Å². The van der Waals surface area contributed by atoms with Crippen molar-refractivity contribution in [3.8, 4) is 5.75 Å². The van der Waals surface area contributed by atoms with E-state index in [1.54, 1.807) is 0 Å². The van der Waals surface area contributed by atoms with Gasteiger partial charge in [-0.05, 0) is 49.7 Å². The monoisotopic (exact) mass is 414 g/mol. The van der Waals surface area contributed by atoms with Crippen LogP contribution in [0.25, 0.3) is 0 Å². The molecule has 1 N–H and O–H groups in total. The third-order valence-corrected chi connectivity index (χ3v) is 7.09. The summed E-state index contributed by atoms with van der Waals surface area (Å²) in [6, 6.07) is 7.86. The molecule has 1 aromatic carbocycles. The van der Waals surface area contributed by atoms with Crippen molar-refractivity contribution in [2.45, 2.75) is 56.2 Å². The largest absolute Gasteiger partial charge is 0.483 e. The lowest BCUT2D eigenvalue weighted by Gasteiger charge is -2.33. The van der Waals surface area contributed by atoms with Crippen LogP contribution in [0.15, 0.2) is 24.3 Å². The van der Waals surface area contributed by atoms with Gasteiger partial charge < -0.3 is 24.4 Å². The lowest BCUT2D eigenvalue weighted by atomic mass is 9.82. The number of amides is 2. The highest BCUT2D eigenvalue weighted by atomic mass is 16.5. The zero-order valence-corrected chi connectivity index (χ0v) is 17.3. The van der Waals surface area contributed by atoms with Gasteiger partial charge in [-0.2, -0.15) is 0 Å². The summed E-state index contributed by atoms with van der Waals surface area (Å²) in [5, 5.41) is 3.15. The van der Waals surface area contributed by atoms with Gasteiger partial charge in [0.05, 0.1) is 43.9 Å². The first-order valence-corrected chi connectivity index (χ1v) is 11.2. The molecule has 4 heterocycles. The Kier molecular flexibility index (Phi) is 5.65. The van der Waals surface area contributed by atoms with Crippen molar-refractivity contribution in [3.63, 3.8) is 0 Å². The van der Waals surface area contributed by atoms with Crippen molar-refractivity contribution in [3.05, 3.63) is 29.8 Å². The summed E-state index contributed by atoms with van der Waals surface area (Å²) in [5.74, 6) is 1.18. The van der Waals surface area contributed by atoms with Gasteiger partial charge in [-0.25, -0.2) is 0 Å². The van der Waals surface area contributed by atoms with E-state index in [1.807, 2.05) is 23.1 Å². The molecule has 1 saturated carbocycles. The summed E-state index contributed by atoms with van der Waals surface area (Å²) < 4.78 is 17.5. The van der Waals surface area contributed by atoms with E-state index in [4.69, 9.17) is 14.2 Å². The number of para-hydroxylation sites is 1. The van der Waals surface area contributed by atoms with Crippen LogP contribution in [-0.4, -0.2) is 67.9 Å². The Labute approximate surface area is 177 Å². The molecule has 7 nitrogen and oxygen atoms in total. The fraction of sp³-hybridized carbons (Fsp3) is 0.652. The number of hydrogen-bond donors (Lipinski definition) is 1. The SMILES string of the molecule is O=C(N[C@H]1CCN2C(=O)COc3ccccc3C3CCC(CC3)OCC12)C1COC1. The molecule has 5 aliphatic rings. The Morgan fingerprint density at radius 3 is 2.60 bits per heavy atom. The van der Waals surface area contributed by atoms with Crippen molar-refractivity contribution in [2.75, 3.05) is 33.0 Å². The van der Waals surface area contributed by atoms with Gasteiger partial charge in [0, 0.05) is 6.54 Å². The van der Waals surface area contributed by atoms with Crippen LogP contribution < -0.4 is 10.1 Å². The van der Waals surface area contributed by atoms with Crippen molar-refractivity contribution in [1.29, 1.82) is 0 Å². The standard InChI is InChI=1S/C23H30N2O5/c26-22-14-30-21-4-2-1-3-18(21)15-5-7-17(8-6-15)29-13-20-19(9-10-25(20)22)24-23(27)16-11-28-12-16/h1-4,15-17,19-20H,5-14H2,(H,24,27)/t15?,17?,19-,20?/m0/s1. The van der Waals surface area contributed by atoms with Gasteiger partial charge in [0.2, 0.25) is 5.91 Å². The predicted octanol–water partition coefficient (Wildman–Crippen LogP) is 1.85.